The molecule has 8 nitrogen and oxygen atoms in total. The maximum absolute atomic E-state index is 13.9. The third-order valence-electron chi connectivity index (χ3n) is 6.91. The van der Waals surface area contributed by atoms with Gasteiger partial charge < -0.3 is 18.9 Å². The van der Waals surface area contributed by atoms with Gasteiger partial charge in [0, 0.05) is 49.5 Å². The average Bonchev–Trinajstić information content (AvgIpc) is 3.53. The van der Waals surface area contributed by atoms with Gasteiger partial charge in [0.05, 0.1) is 45.7 Å². The first kappa shape index (κ1) is 23.7. The van der Waals surface area contributed by atoms with Crippen LogP contribution in [0.4, 0.5) is 4.39 Å². The van der Waals surface area contributed by atoms with E-state index in [9.17, 15) is 9.18 Å². The van der Waals surface area contributed by atoms with E-state index < -0.39 is 5.79 Å². The topological polar surface area (TPSA) is 72.8 Å². The second-order valence-electron chi connectivity index (χ2n) is 9.01. The van der Waals surface area contributed by atoms with Gasteiger partial charge in [0.25, 0.3) is 5.91 Å². The van der Waals surface area contributed by atoms with Crippen molar-refractivity contribution in [1.82, 2.24) is 9.91 Å². The normalized spacial score (nSPS) is 21.9. The molecule has 1 amide bonds. The largest absolute Gasteiger partial charge is 0.497 e. The van der Waals surface area contributed by atoms with E-state index in [-0.39, 0.29) is 24.3 Å². The van der Waals surface area contributed by atoms with Crippen LogP contribution in [0.2, 0.25) is 0 Å². The predicted molar refractivity (Wildman–Crippen MR) is 127 cm³/mol. The van der Waals surface area contributed by atoms with Gasteiger partial charge in [-0.05, 0) is 24.3 Å². The van der Waals surface area contributed by atoms with Crippen LogP contribution in [0.25, 0.3) is 0 Å². The number of carbonyl (C=O) groups excluding carboxylic acids is 1. The summed E-state index contributed by atoms with van der Waals surface area (Å²) < 4.78 is 36.5. The van der Waals surface area contributed by atoms with Crippen LogP contribution in [-0.4, -0.2) is 74.4 Å². The van der Waals surface area contributed by atoms with Gasteiger partial charge in [-0.25, -0.2) is 9.40 Å². The second-order valence-corrected chi connectivity index (χ2v) is 9.01. The zero-order chi connectivity index (χ0) is 24.4. The number of hydrazone groups is 1. The Morgan fingerprint density at radius 2 is 1.89 bits per heavy atom. The predicted octanol–water partition coefficient (Wildman–Crippen LogP) is 3.36. The van der Waals surface area contributed by atoms with E-state index in [4.69, 9.17) is 18.9 Å². The molecule has 3 heterocycles. The van der Waals surface area contributed by atoms with Crippen molar-refractivity contribution in [2.45, 2.75) is 31.1 Å². The van der Waals surface area contributed by atoms with Gasteiger partial charge in [-0.2, -0.15) is 5.10 Å². The minimum Gasteiger partial charge on any atom is -0.497 e. The maximum atomic E-state index is 13.9. The fraction of sp³-hybridized carbons (Fsp3) is 0.462. The van der Waals surface area contributed by atoms with Gasteiger partial charge in [0.1, 0.15) is 17.3 Å². The van der Waals surface area contributed by atoms with Crippen molar-refractivity contribution in [2.75, 3.05) is 47.1 Å². The fourth-order valence-corrected chi connectivity index (χ4v) is 5.02. The molecule has 35 heavy (non-hydrogen) atoms. The molecule has 2 fully saturated rings. The standard InChI is InChI=1S/C26H30FN3O5/c1-32-20-6-7-21(24(15-20)33-2)23-16-22(18-4-3-5-19(27)14-18)28-30(23)25(31)17-29-10-8-26(9-11-29)34-12-13-35-26/h3-7,14-15,23H,8-13,16-17H2,1-2H3/t23-/m0/s1. The van der Waals surface area contributed by atoms with E-state index in [1.165, 1.54) is 17.1 Å². The van der Waals surface area contributed by atoms with Crippen LogP contribution >= 0.6 is 0 Å². The summed E-state index contributed by atoms with van der Waals surface area (Å²) in [6, 6.07) is 11.5. The summed E-state index contributed by atoms with van der Waals surface area (Å²) >= 11 is 0. The molecule has 2 saturated heterocycles. The molecule has 2 aromatic rings. The van der Waals surface area contributed by atoms with Crippen LogP contribution in [0, 0.1) is 5.82 Å². The zero-order valence-electron chi connectivity index (χ0n) is 20.0. The molecule has 0 radical (unpaired) electrons. The van der Waals surface area contributed by atoms with Crippen LogP contribution in [-0.2, 0) is 14.3 Å². The van der Waals surface area contributed by atoms with Crippen LogP contribution in [0.3, 0.4) is 0 Å². The Bertz CT molecular complexity index is 1110. The number of ether oxygens (including phenoxy) is 4. The molecule has 0 N–H and O–H groups in total. The molecule has 2 aromatic carbocycles. The molecule has 0 unspecified atom stereocenters. The van der Waals surface area contributed by atoms with Gasteiger partial charge in [-0.15, -0.1) is 0 Å². The smallest absolute Gasteiger partial charge is 0.257 e. The Balaban J connectivity index is 1.39. The highest BCUT2D eigenvalue weighted by molar-refractivity contribution is 6.03. The Kier molecular flexibility index (Phi) is 6.73. The Morgan fingerprint density at radius 1 is 1.11 bits per heavy atom. The lowest BCUT2D eigenvalue weighted by Gasteiger charge is -2.37. The maximum Gasteiger partial charge on any atom is 0.257 e. The van der Waals surface area contributed by atoms with Crippen LogP contribution < -0.4 is 9.47 Å². The molecular weight excluding hydrogens is 453 g/mol. The molecular formula is C26H30FN3O5. The average molecular weight is 484 g/mol. The van der Waals surface area contributed by atoms with Crippen molar-refractivity contribution in [3.63, 3.8) is 0 Å². The number of piperidine rings is 1. The van der Waals surface area contributed by atoms with Gasteiger partial charge in [0.2, 0.25) is 0 Å². The Hall–Kier alpha value is -3.01. The first-order valence-corrected chi connectivity index (χ1v) is 11.9. The highest BCUT2D eigenvalue weighted by atomic mass is 19.1. The molecule has 0 bridgehead atoms. The quantitative estimate of drug-likeness (QED) is 0.628. The summed E-state index contributed by atoms with van der Waals surface area (Å²) in [5.74, 6) is 0.315. The number of rotatable bonds is 6. The highest BCUT2D eigenvalue weighted by Crippen LogP contribution is 2.39. The molecule has 3 aliphatic heterocycles. The van der Waals surface area contributed by atoms with Gasteiger partial charge in [0.15, 0.2) is 5.79 Å². The van der Waals surface area contributed by atoms with E-state index in [0.29, 0.717) is 55.5 Å². The molecule has 1 spiro atoms. The van der Waals surface area contributed by atoms with Crippen LogP contribution in [0.15, 0.2) is 47.6 Å². The molecule has 1 atom stereocenters. The third kappa shape index (κ3) is 4.89. The third-order valence-corrected chi connectivity index (χ3v) is 6.91. The summed E-state index contributed by atoms with van der Waals surface area (Å²) in [5.41, 5.74) is 2.14. The summed E-state index contributed by atoms with van der Waals surface area (Å²) in [7, 11) is 3.18. The first-order chi connectivity index (χ1) is 17.0. The fourth-order valence-electron chi connectivity index (χ4n) is 5.02. The molecule has 0 saturated carbocycles. The van der Waals surface area contributed by atoms with Crippen molar-refractivity contribution in [3.05, 3.63) is 59.4 Å². The minimum absolute atomic E-state index is 0.122. The van der Waals surface area contributed by atoms with Gasteiger partial charge >= 0.3 is 0 Å². The highest BCUT2D eigenvalue weighted by Gasteiger charge is 2.41. The monoisotopic (exact) mass is 483 g/mol. The number of hydrogen-bond acceptors (Lipinski definition) is 7. The zero-order valence-corrected chi connectivity index (χ0v) is 20.0. The molecule has 186 valence electrons. The number of likely N-dealkylation sites (tertiary alicyclic amines) is 1. The van der Waals surface area contributed by atoms with Crippen LogP contribution in [0.1, 0.15) is 36.4 Å². The second kappa shape index (κ2) is 9.93. The number of hydrogen-bond donors (Lipinski definition) is 0. The van der Waals surface area contributed by atoms with Gasteiger partial charge in [-0.1, -0.05) is 12.1 Å². The Labute approximate surface area is 204 Å². The molecule has 0 aliphatic carbocycles. The number of nitrogens with zero attached hydrogens (tertiary/aromatic N) is 3. The van der Waals surface area contributed by atoms with E-state index >= 15 is 0 Å². The molecule has 0 aromatic heterocycles. The summed E-state index contributed by atoms with van der Waals surface area (Å²) in [6.07, 6.45) is 1.91. The number of methoxy groups -OCH3 is 2. The molecule has 3 aliphatic rings. The summed E-state index contributed by atoms with van der Waals surface area (Å²) in [6.45, 7) is 2.88. The van der Waals surface area contributed by atoms with Crippen molar-refractivity contribution in [2.24, 2.45) is 5.10 Å². The lowest BCUT2D eigenvalue weighted by molar-refractivity contribution is -0.186. The number of benzene rings is 2. The molecule has 9 heteroatoms. The van der Waals surface area contributed by atoms with Crippen molar-refractivity contribution in [1.29, 1.82) is 0 Å². The van der Waals surface area contributed by atoms with Crippen molar-refractivity contribution < 1.29 is 28.1 Å². The first-order valence-electron chi connectivity index (χ1n) is 11.9. The van der Waals surface area contributed by atoms with E-state index in [1.54, 1.807) is 26.4 Å². The number of amides is 1. The minimum atomic E-state index is -0.491. The van der Waals surface area contributed by atoms with Gasteiger partial charge in [-0.3, -0.25) is 9.69 Å². The van der Waals surface area contributed by atoms with Crippen molar-refractivity contribution >= 4 is 11.6 Å². The van der Waals surface area contributed by atoms with E-state index in [2.05, 4.69) is 10.0 Å². The number of carbonyl (C=O) groups is 1. The summed E-state index contributed by atoms with van der Waals surface area (Å²) in [4.78, 5) is 15.7. The SMILES string of the molecule is COc1ccc([C@@H]2CC(c3cccc(F)c3)=NN2C(=O)CN2CCC3(CC2)OCCO3)c(OC)c1. The van der Waals surface area contributed by atoms with E-state index in [1.807, 2.05) is 18.2 Å². The van der Waals surface area contributed by atoms with Crippen molar-refractivity contribution in [3.8, 4) is 11.5 Å². The van der Waals surface area contributed by atoms with Crippen LogP contribution in [0.5, 0.6) is 11.5 Å². The summed E-state index contributed by atoms with van der Waals surface area (Å²) in [5, 5.41) is 6.21. The lowest BCUT2D eigenvalue weighted by Crippen LogP contribution is -2.48. The molecule has 5 rings (SSSR count). The lowest BCUT2D eigenvalue weighted by atomic mass is 9.97. The Morgan fingerprint density at radius 3 is 2.57 bits per heavy atom. The van der Waals surface area contributed by atoms with E-state index in [0.717, 1.165) is 18.4 Å². The number of halogens is 1.